The lowest BCUT2D eigenvalue weighted by atomic mass is 10.1. The molecule has 2 aromatic rings. The summed E-state index contributed by atoms with van der Waals surface area (Å²) < 4.78 is 65.5. The summed E-state index contributed by atoms with van der Waals surface area (Å²) in [4.78, 5) is 33.2. The highest BCUT2D eigenvalue weighted by atomic mass is 35.5. The van der Waals surface area contributed by atoms with Gasteiger partial charge in [-0.3, -0.25) is 14.5 Å². The van der Waals surface area contributed by atoms with Gasteiger partial charge in [0, 0.05) is 31.5 Å². The van der Waals surface area contributed by atoms with Crippen LogP contribution < -0.4 is 9.80 Å². The molecule has 2 saturated heterocycles. The molecule has 1 unspecified atom stereocenters. The minimum absolute atomic E-state index is 0.0254. The van der Waals surface area contributed by atoms with Crippen LogP contribution in [-0.4, -0.2) is 48.9 Å². The van der Waals surface area contributed by atoms with Crippen molar-refractivity contribution < 1.29 is 36.6 Å². The normalized spacial score (nSPS) is 22.7. The van der Waals surface area contributed by atoms with E-state index in [9.17, 15) is 27.2 Å². The van der Waals surface area contributed by atoms with Crippen LogP contribution in [0.25, 0.3) is 0 Å². The Morgan fingerprint density at radius 1 is 1.25 bits per heavy atom. The highest BCUT2D eigenvalue weighted by Gasteiger charge is 2.48. The zero-order valence-corrected chi connectivity index (χ0v) is 20.3. The summed E-state index contributed by atoms with van der Waals surface area (Å²) >= 11 is 5.85. The number of alkyl halides is 3. The average molecular weight is 530 g/mol. The molecule has 4 rings (SSSR count). The first-order chi connectivity index (χ1) is 17.0. The van der Waals surface area contributed by atoms with Crippen LogP contribution >= 0.6 is 11.6 Å². The Labute approximate surface area is 209 Å². The van der Waals surface area contributed by atoms with Crippen LogP contribution in [-0.2, 0) is 25.2 Å². The number of pyridine rings is 1. The molecular formula is C24H24ClF4N3O4. The highest BCUT2D eigenvalue weighted by Crippen LogP contribution is 2.36. The van der Waals surface area contributed by atoms with Crippen molar-refractivity contribution in [1.82, 2.24) is 4.98 Å². The van der Waals surface area contributed by atoms with Crippen LogP contribution in [0.3, 0.4) is 0 Å². The van der Waals surface area contributed by atoms with Crippen molar-refractivity contribution in [1.29, 1.82) is 0 Å². The second-order valence-corrected chi connectivity index (χ2v) is 9.14. The lowest BCUT2D eigenvalue weighted by Crippen LogP contribution is -2.46. The van der Waals surface area contributed by atoms with Crippen LogP contribution in [0.5, 0.6) is 0 Å². The molecule has 0 aliphatic carbocycles. The fourth-order valence-electron chi connectivity index (χ4n) is 4.30. The summed E-state index contributed by atoms with van der Waals surface area (Å²) in [5.74, 6) is -2.31. The minimum atomic E-state index is -4.68. The van der Waals surface area contributed by atoms with Gasteiger partial charge in [0.2, 0.25) is 5.91 Å². The van der Waals surface area contributed by atoms with Gasteiger partial charge >= 0.3 is 6.18 Å². The molecule has 0 spiro atoms. The molecule has 3 heterocycles. The van der Waals surface area contributed by atoms with Gasteiger partial charge in [-0.25, -0.2) is 9.37 Å². The van der Waals surface area contributed by atoms with Gasteiger partial charge in [0.05, 0.1) is 10.6 Å². The van der Waals surface area contributed by atoms with Crippen molar-refractivity contribution in [2.24, 2.45) is 0 Å². The molecule has 194 valence electrons. The molecule has 1 aromatic carbocycles. The Hall–Kier alpha value is -2.76. The molecule has 2 fully saturated rings. The maximum absolute atomic E-state index is 13.6. The Balaban J connectivity index is 1.70. The average Bonchev–Trinajstić information content (AvgIpc) is 3.15. The molecule has 0 bridgehead atoms. The van der Waals surface area contributed by atoms with E-state index < -0.39 is 47.8 Å². The molecular weight excluding hydrogens is 506 g/mol. The van der Waals surface area contributed by atoms with Crippen LogP contribution in [0, 0.1) is 12.7 Å². The molecule has 36 heavy (non-hydrogen) atoms. The molecule has 0 N–H and O–H groups in total. The molecule has 0 radical (unpaired) electrons. The number of hydrogen-bond acceptors (Lipinski definition) is 5. The summed E-state index contributed by atoms with van der Waals surface area (Å²) in [7, 11) is 1.40. The summed E-state index contributed by atoms with van der Waals surface area (Å²) in [5, 5.41) is -0.211. The lowest BCUT2D eigenvalue weighted by molar-refractivity contribution is -0.188. The topological polar surface area (TPSA) is 72.0 Å². The van der Waals surface area contributed by atoms with E-state index in [-0.39, 0.29) is 28.6 Å². The van der Waals surface area contributed by atoms with Crippen LogP contribution in [0.2, 0.25) is 5.02 Å². The van der Waals surface area contributed by atoms with Crippen molar-refractivity contribution in [3.63, 3.8) is 0 Å². The van der Waals surface area contributed by atoms with Crippen molar-refractivity contribution in [2.75, 3.05) is 23.5 Å². The number of carbonyl (C=O) groups excluding carboxylic acids is 2. The number of halogens is 5. The number of benzene rings is 1. The van der Waals surface area contributed by atoms with Crippen molar-refractivity contribution in [3.05, 3.63) is 52.4 Å². The third-order valence-electron chi connectivity index (χ3n) is 6.14. The van der Waals surface area contributed by atoms with E-state index in [2.05, 4.69) is 4.98 Å². The third-order valence-corrected chi connectivity index (χ3v) is 6.43. The predicted molar refractivity (Wildman–Crippen MR) is 123 cm³/mol. The van der Waals surface area contributed by atoms with Gasteiger partial charge in [-0.05, 0) is 56.5 Å². The van der Waals surface area contributed by atoms with Gasteiger partial charge in [0.1, 0.15) is 23.8 Å². The van der Waals surface area contributed by atoms with Gasteiger partial charge in [0.15, 0.2) is 6.29 Å². The van der Waals surface area contributed by atoms with E-state index >= 15 is 0 Å². The summed E-state index contributed by atoms with van der Waals surface area (Å²) in [6, 6.07) is 4.03. The second-order valence-electron chi connectivity index (χ2n) is 8.73. The quantitative estimate of drug-likeness (QED) is 0.516. The van der Waals surface area contributed by atoms with E-state index in [4.69, 9.17) is 21.1 Å². The Morgan fingerprint density at radius 2 is 2.00 bits per heavy atom. The molecule has 12 heteroatoms. The second kappa shape index (κ2) is 10.3. The van der Waals surface area contributed by atoms with E-state index in [1.54, 1.807) is 0 Å². The van der Waals surface area contributed by atoms with E-state index in [0.29, 0.717) is 13.0 Å². The summed E-state index contributed by atoms with van der Waals surface area (Å²) in [6.07, 6.45) is -4.36. The maximum Gasteiger partial charge on any atom is 0.416 e. The van der Waals surface area contributed by atoms with Gasteiger partial charge in [-0.2, -0.15) is 13.2 Å². The minimum Gasteiger partial charge on any atom is -0.353 e. The Kier molecular flexibility index (Phi) is 7.53. The molecule has 0 saturated carbocycles. The SMILES string of the molecule is Cc1cc(C(F)(F)F)cc(N2C(=O)[C@@H](OC3CCCCO3)C[C@H]2C(=O)N(C)c2ccc(F)c(Cl)c2)n1. The number of amides is 2. The van der Waals surface area contributed by atoms with Crippen molar-refractivity contribution in [3.8, 4) is 0 Å². The van der Waals surface area contributed by atoms with Crippen LogP contribution in [0.15, 0.2) is 30.3 Å². The number of aromatic nitrogens is 1. The largest absolute Gasteiger partial charge is 0.416 e. The number of hydrogen-bond donors (Lipinski definition) is 0. The highest BCUT2D eigenvalue weighted by molar-refractivity contribution is 6.31. The standard InChI is InChI=1S/C24H24ClF4N3O4/c1-13-9-14(24(27,28)29)10-20(30-13)32-18(12-19(23(32)34)36-21-5-3-4-8-35-21)22(33)31(2)15-6-7-17(26)16(25)11-15/h6-7,9-11,18-19,21H,3-5,8,12H2,1-2H3/t18-,19-,21?/m0/s1. The fraction of sp³-hybridized carbons (Fsp3) is 0.458. The predicted octanol–water partition coefficient (Wildman–Crippen LogP) is 4.88. The van der Waals surface area contributed by atoms with Crippen molar-refractivity contribution >= 4 is 34.9 Å². The first-order valence-corrected chi connectivity index (χ1v) is 11.7. The van der Waals surface area contributed by atoms with E-state index in [1.165, 1.54) is 26.1 Å². The first kappa shape index (κ1) is 26.3. The number of likely N-dealkylation sites (N-methyl/N-ethyl adjacent to an activating group) is 1. The fourth-order valence-corrected chi connectivity index (χ4v) is 4.47. The summed E-state index contributed by atoms with van der Waals surface area (Å²) in [6.45, 7) is 1.83. The number of rotatable bonds is 5. The van der Waals surface area contributed by atoms with Crippen LogP contribution in [0.4, 0.5) is 29.1 Å². The Bertz CT molecular complexity index is 1160. The number of ether oxygens (including phenoxy) is 2. The zero-order valence-electron chi connectivity index (χ0n) is 19.5. The summed E-state index contributed by atoms with van der Waals surface area (Å²) in [5.41, 5.74) is -0.730. The third kappa shape index (κ3) is 5.47. The Morgan fingerprint density at radius 3 is 2.64 bits per heavy atom. The lowest BCUT2D eigenvalue weighted by Gasteiger charge is -2.28. The van der Waals surface area contributed by atoms with Gasteiger partial charge in [-0.1, -0.05) is 11.6 Å². The first-order valence-electron chi connectivity index (χ1n) is 11.3. The van der Waals surface area contributed by atoms with Gasteiger partial charge in [0.25, 0.3) is 5.91 Å². The maximum atomic E-state index is 13.6. The number of aryl methyl sites for hydroxylation is 1. The monoisotopic (exact) mass is 529 g/mol. The smallest absolute Gasteiger partial charge is 0.353 e. The van der Waals surface area contributed by atoms with Crippen LogP contribution in [0.1, 0.15) is 36.9 Å². The number of carbonyl (C=O) groups is 2. The number of nitrogens with zero attached hydrogens (tertiary/aromatic N) is 3. The molecule has 2 aliphatic heterocycles. The molecule has 3 atom stereocenters. The van der Waals surface area contributed by atoms with Crippen molar-refractivity contribution in [2.45, 2.75) is 57.2 Å². The zero-order chi connectivity index (χ0) is 26.2. The van der Waals surface area contributed by atoms with E-state index in [1.807, 2.05) is 0 Å². The van der Waals surface area contributed by atoms with Gasteiger partial charge in [-0.15, -0.1) is 0 Å². The molecule has 1 aromatic heterocycles. The van der Waals surface area contributed by atoms with Gasteiger partial charge < -0.3 is 14.4 Å². The van der Waals surface area contributed by atoms with E-state index in [0.717, 1.165) is 40.8 Å². The molecule has 7 nitrogen and oxygen atoms in total. The molecule has 2 aliphatic rings. The number of anilines is 2. The molecule has 2 amide bonds.